The number of aryl methyl sites for hydroxylation is 1. The van der Waals surface area contributed by atoms with E-state index in [1.807, 2.05) is 31.2 Å². The third kappa shape index (κ3) is 2.50. The molecule has 3 heteroatoms. The largest absolute Gasteiger partial charge is 0.294 e. The first-order valence-electron chi connectivity index (χ1n) is 4.74. The average Bonchev–Trinajstić information content (AvgIpc) is 2.74. The fraction of sp³-hybridized carbons (Fsp3) is 0.167. The van der Waals surface area contributed by atoms with Crippen LogP contribution in [0.5, 0.6) is 0 Å². The van der Waals surface area contributed by atoms with Crippen LogP contribution in [0.25, 0.3) is 0 Å². The monoisotopic (exact) mass is 217 g/mol. The SMILES string of the molecule is Cc1ccc(CC(=O)c2cnsc2)cc1. The zero-order chi connectivity index (χ0) is 10.7. The molecule has 1 aromatic heterocycles. The second-order valence-electron chi connectivity index (χ2n) is 3.50. The zero-order valence-electron chi connectivity index (χ0n) is 8.43. The van der Waals surface area contributed by atoms with Crippen molar-refractivity contribution in [3.63, 3.8) is 0 Å². The lowest BCUT2D eigenvalue weighted by Crippen LogP contribution is -2.01. The molecule has 0 unspecified atom stereocenters. The van der Waals surface area contributed by atoms with Crippen LogP contribution in [-0.4, -0.2) is 10.2 Å². The lowest BCUT2D eigenvalue weighted by atomic mass is 10.0. The summed E-state index contributed by atoms with van der Waals surface area (Å²) in [4.78, 5) is 11.7. The van der Waals surface area contributed by atoms with Crippen LogP contribution < -0.4 is 0 Å². The van der Waals surface area contributed by atoms with Crippen LogP contribution >= 0.6 is 11.5 Å². The van der Waals surface area contributed by atoms with Gasteiger partial charge in [0.15, 0.2) is 5.78 Å². The lowest BCUT2D eigenvalue weighted by Gasteiger charge is -1.99. The highest BCUT2D eigenvalue weighted by Gasteiger charge is 2.07. The second kappa shape index (κ2) is 4.36. The molecule has 1 heterocycles. The Bertz CT molecular complexity index is 445. The smallest absolute Gasteiger partial charge is 0.169 e. The van der Waals surface area contributed by atoms with Crippen molar-refractivity contribution >= 4 is 17.3 Å². The minimum atomic E-state index is 0.132. The van der Waals surface area contributed by atoms with Crippen molar-refractivity contribution in [3.8, 4) is 0 Å². The van der Waals surface area contributed by atoms with Crippen LogP contribution in [0.1, 0.15) is 21.5 Å². The summed E-state index contributed by atoms with van der Waals surface area (Å²) >= 11 is 1.31. The molecule has 0 saturated heterocycles. The van der Waals surface area contributed by atoms with E-state index in [1.54, 1.807) is 11.6 Å². The highest BCUT2D eigenvalue weighted by molar-refractivity contribution is 7.03. The van der Waals surface area contributed by atoms with Gasteiger partial charge in [-0.05, 0) is 24.0 Å². The van der Waals surface area contributed by atoms with Crippen molar-refractivity contribution in [2.75, 3.05) is 0 Å². The Morgan fingerprint density at radius 3 is 2.67 bits per heavy atom. The van der Waals surface area contributed by atoms with Gasteiger partial charge >= 0.3 is 0 Å². The van der Waals surface area contributed by atoms with Gasteiger partial charge in [0.1, 0.15) is 0 Å². The Balaban J connectivity index is 2.09. The van der Waals surface area contributed by atoms with E-state index in [0.717, 1.165) is 5.56 Å². The minimum absolute atomic E-state index is 0.132. The van der Waals surface area contributed by atoms with Crippen molar-refractivity contribution < 1.29 is 4.79 Å². The minimum Gasteiger partial charge on any atom is -0.294 e. The number of ketones is 1. The van der Waals surface area contributed by atoms with Crippen LogP contribution in [0.15, 0.2) is 35.8 Å². The number of carbonyl (C=O) groups is 1. The molecule has 0 spiro atoms. The van der Waals surface area contributed by atoms with E-state index >= 15 is 0 Å². The molecule has 15 heavy (non-hydrogen) atoms. The number of hydrogen-bond donors (Lipinski definition) is 0. The Kier molecular flexibility index (Phi) is 2.92. The van der Waals surface area contributed by atoms with E-state index in [2.05, 4.69) is 4.37 Å². The Hall–Kier alpha value is -1.48. The van der Waals surface area contributed by atoms with E-state index in [1.165, 1.54) is 17.1 Å². The molecule has 0 aliphatic heterocycles. The predicted octanol–water partition coefficient (Wildman–Crippen LogP) is 2.88. The quantitative estimate of drug-likeness (QED) is 0.740. The maximum absolute atomic E-state index is 11.7. The van der Waals surface area contributed by atoms with Crippen molar-refractivity contribution in [1.82, 2.24) is 4.37 Å². The van der Waals surface area contributed by atoms with E-state index in [4.69, 9.17) is 0 Å². The molecule has 2 rings (SSSR count). The molecule has 0 amide bonds. The standard InChI is InChI=1S/C12H11NOS/c1-9-2-4-10(5-3-9)6-12(14)11-7-13-15-8-11/h2-5,7-8H,6H2,1H3. The first kappa shape index (κ1) is 10.1. The molecule has 0 aliphatic rings. The van der Waals surface area contributed by atoms with E-state index in [0.29, 0.717) is 12.0 Å². The van der Waals surface area contributed by atoms with Crippen LogP contribution in [-0.2, 0) is 6.42 Å². The summed E-state index contributed by atoms with van der Waals surface area (Å²) in [7, 11) is 0. The summed E-state index contributed by atoms with van der Waals surface area (Å²) in [5.41, 5.74) is 2.97. The fourth-order valence-electron chi connectivity index (χ4n) is 1.34. The van der Waals surface area contributed by atoms with Gasteiger partial charge in [0.25, 0.3) is 0 Å². The normalized spacial score (nSPS) is 10.2. The van der Waals surface area contributed by atoms with Gasteiger partial charge in [-0.3, -0.25) is 4.79 Å². The number of Topliss-reactive ketones (excluding diaryl/α,β-unsaturated/α-hetero) is 1. The van der Waals surface area contributed by atoms with Crippen LogP contribution in [0.3, 0.4) is 0 Å². The second-order valence-corrected chi connectivity index (χ2v) is 4.16. The predicted molar refractivity (Wildman–Crippen MR) is 61.3 cm³/mol. The maximum atomic E-state index is 11.7. The van der Waals surface area contributed by atoms with Gasteiger partial charge in [-0.1, -0.05) is 29.8 Å². The number of aromatic nitrogens is 1. The molecule has 0 bridgehead atoms. The Morgan fingerprint density at radius 2 is 2.07 bits per heavy atom. The summed E-state index contributed by atoms with van der Waals surface area (Å²) in [5, 5.41) is 1.79. The molecule has 0 atom stereocenters. The molecule has 2 nitrogen and oxygen atoms in total. The number of hydrogen-bond acceptors (Lipinski definition) is 3. The summed E-state index contributed by atoms with van der Waals surface area (Å²) in [6.07, 6.45) is 2.08. The third-order valence-electron chi connectivity index (χ3n) is 2.24. The molecule has 76 valence electrons. The van der Waals surface area contributed by atoms with Gasteiger partial charge in [0.05, 0.1) is 6.20 Å². The molecular weight excluding hydrogens is 206 g/mol. The zero-order valence-corrected chi connectivity index (χ0v) is 9.25. The third-order valence-corrected chi connectivity index (χ3v) is 2.83. The molecule has 0 N–H and O–H groups in total. The number of benzene rings is 1. The lowest BCUT2D eigenvalue weighted by molar-refractivity contribution is 0.0993. The first-order valence-corrected chi connectivity index (χ1v) is 5.57. The van der Waals surface area contributed by atoms with Crippen molar-refractivity contribution in [1.29, 1.82) is 0 Å². The van der Waals surface area contributed by atoms with Crippen LogP contribution in [0.2, 0.25) is 0 Å². The van der Waals surface area contributed by atoms with Gasteiger partial charge < -0.3 is 0 Å². The van der Waals surface area contributed by atoms with Crippen LogP contribution in [0, 0.1) is 6.92 Å². The van der Waals surface area contributed by atoms with Gasteiger partial charge in [-0.15, -0.1) is 0 Å². The summed E-state index contributed by atoms with van der Waals surface area (Å²) < 4.78 is 3.92. The van der Waals surface area contributed by atoms with E-state index in [9.17, 15) is 4.79 Å². The van der Waals surface area contributed by atoms with Crippen LogP contribution in [0.4, 0.5) is 0 Å². The topological polar surface area (TPSA) is 30.0 Å². The fourth-order valence-corrected chi connectivity index (χ4v) is 1.88. The molecule has 1 aromatic carbocycles. The number of nitrogens with zero attached hydrogens (tertiary/aromatic N) is 1. The Morgan fingerprint density at radius 1 is 1.33 bits per heavy atom. The molecule has 0 saturated carbocycles. The van der Waals surface area contributed by atoms with Gasteiger partial charge in [-0.2, -0.15) is 0 Å². The molecule has 0 radical (unpaired) electrons. The van der Waals surface area contributed by atoms with Crippen molar-refractivity contribution in [2.24, 2.45) is 0 Å². The summed E-state index contributed by atoms with van der Waals surface area (Å²) in [6.45, 7) is 2.04. The average molecular weight is 217 g/mol. The molecule has 0 aliphatic carbocycles. The van der Waals surface area contributed by atoms with Gasteiger partial charge in [-0.25, -0.2) is 4.37 Å². The molecule has 0 fully saturated rings. The first-order chi connectivity index (χ1) is 7.25. The van der Waals surface area contributed by atoms with E-state index < -0.39 is 0 Å². The number of rotatable bonds is 3. The highest BCUT2D eigenvalue weighted by atomic mass is 32.1. The number of carbonyl (C=O) groups excluding carboxylic acids is 1. The van der Waals surface area contributed by atoms with E-state index in [-0.39, 0.29) is 5.78 Å². The Labute approximate surface area is 92.7 Å². The summed E-state index contributed by atoms with van der Waals surface area (Å²) in [6, 6.07) is 8.03. The van der Waals surface area contributed by atoms with Gasteiger partial charge in [0, 0.05) is 17.4 Å². The highest BCUT2D eigenvalue weighted by Crippen LogP contribution is 2.09. The van der Waals surface area contributed by atoms with Crippen molar-refractivity contribution in [3.05, 3.63) is 52.5 Å². The summed E-state index contributed by atoms with van der Waals surface area (Å²) in [5.74, 6) is 0.132. The maximum Gasteiger partial charge on any atom is 0.169 e. The van der Waals surface area contributed by atoms with Gasteiger partial charge in [0.2, 0.25) is 0 Å². The van der Waals surface area contributed by atoms with Crippen molar-refractivity contribution in [2.45, 2.75) is 13.3 Å². The molecular formula is C12H11NOS. The molecule has 2 aromatic rings.